The molecular formula is C11H20. The van der Waals surface area contributed by atoms with Crippen molar-refractivity contribution in [2.75, 3.05) is 0 Å². The second kappa shape index (κ2) is 6.21. The number of allylic oxidation sites excluding steroid dienone is 3. The highest BCUT2D eigenvalue weighted by Gasteiger charge is 1.96. The lowest BCUT2D eigenvalue weighted by atomic mass is 10.0. The van der Waals surface area contributed by atoms with Gasteiger partial charge in [0.15, 0.2) is 0 Å². The molecule has 0 fully saturated rings. The molecule has 0 aliphatic rings. The van der Waals surface area contributed by atoms with E-state index >= 15 is 0 Å². The van der Waals surface area contributed by atoms with Crippen LogP contribution in [0, 0.1) is 5.92 Å². The van der Waals surface area contributed by atoms with E-state index < -0.39 is 0 Å². The molecule has 0 aliphatic heterocycles. The largest absolute Gasteiger partial charge is 0.0991 e. The standard InChI is InChI=1S/C11H20/c1-5-7-11(6-2)9-8-10(3)4/h5,7,10H,1,6,8-9H2,2-4H3. The Hall–Kier alpha value is -0.520. The monoisotopic (exact) mass is 152 g/mol. The zero-order valence-electron chi connectivity index (χ0n) is 8.06. The van der Waals surface area contributed by atoms with Crippen molar-refractivity contribution in [1.29, 1.82) is 0 Å². The van der Waals surface area contributed by atoms with Crippen LogP contribution < -0.4 is 0 Å². The van der Waals surface area contributed by atoms with Crippen LogP contribution in [0.15, 0.2) is 24.3 Å². The van der Waals surface area contributed by atoms with E-state index in [2.05, 4.69) is 33.4 Å². The molecule has 0 saturated carbocycles. The van der Waals surface area contributed by atoms with Gasteiger partial charge in [-0.3, -0.25) is 0 Å². The van der Waals surface area contributed by atoms with Crippen LogP contribution >= 0.6 is 0 Å². The van der Waals surface area contributed by atoms with Gasteiger partial charge in [-0.15, -0.1) is 0 Å². The number of rotatable bonds is 5. The number of hydrogen-bond acceptors (Lipinski definition) is 0. The molecule has 0 rings (SSSR count). The van der Waals surface area contributed by atoms with E-state index in [-0.39, 0.29) is 0 Å². The average molecular weight is 152 g/mol. The fourth-order valence-electron chi connectivity index (χ4n) is 1.02. The van der Waals surface area contributed by atoms with Crippen molar-refractivity contribution in [2.45, 2.75) is 40.0 Å². The lowest BCUT2D eigenvalue weighted by Gasteiger charge is -2.05. The van der Waals surface area contributed by atoms with E-state index in [4.69, 9.17) is 0 Å². The molecule has 0 saturated heterocycles. The zero-order valence-corrected chi connectivity index (χ0v) is 8.06. The fraction of sp³-hybridized carbons (Fsp3) is 0.636. The van der Waals surface area contributed by atoms with Gasteiger partial charge in [-0.25, -0.2) is 0 Å². The Morgan fingerprint density at radius 1 is 1.45 bits per heavy atom. The van der Waals surface area contributed by atoms with Gasteiger partial charge in [-0.1, -0.05) is 45.1 Å². The molecule has 0 heteroatoms. The zero-order chi connectivity index (χ0) is 8.69. The predicted molar refractivity (Wildman–Crippen MR) is 52.6 cm³/mol. The van der Waals surface area contributed by atoms with Gasteiger partial charge in [0.25, 0.3) is 0 Å². The minimum Gasteiger partial charge on any atom is -0.0991 e. The SMILES string of the molecule is C=CC=C(CC)CCC(C)C. The van der Waals surface area contributed by atoms with Gasteiger partial charge in [0, 0.05) is 0 Å². The number of hydrogen-bond donors (Lipinski definition) is 0. The Morgan fingerprint density at radius 2 is 2.09 bits per heavy atom. The molecule has 0 N–H and O–H groups in total. The Labute approximate surface area is 71.0 Å². The van der Waals surface area contributed by atoms with E-state index in [9.17, 15) is 0 Å². The molecular weight excluding hydrogens is 132 g/mol. The summed E-state index contributed by atoms with van der Waals surface area (Å²) >= 11 is 0. The fourth-order valence-corrected chi connectivity index (χ4v) is 1.02. The molecule has 0 spiro atoms. The highest BCUT2D eigenvalue weighted by Crippen LogP contribution is 2.13. The van der Waals surface area contributed by atoms with Crippen LogP contribution in [0.5, 0.6) is 0 Å². The van der Waals surface area contributed by atoms with Crippen molar-refractivity contribution in [3.05, 3.63) is 24.3 Å². The average Bonchev–Trinajstić information content (AvgIpc) is 1.97. The van der Waals surface area contributed by atoms with Crippen LogP contribution in [-0.2, 0) is 0 Å². The Kier molecular flexibility index (Phi) is 5.91. The molecule has 0 heterocycles. The molecule has 0 radical (unpaired) electrons. The third-order valence-electron chi connectivity index (χ3n) is 1.85. The Bertz CT molecular complexity index is 129. The van der Waals surface area contributed by atoms with E-state index in [0.29, 0.717) is 0 Å². The summed E-state index contributed by atoms with van der Waals surface area (Å²) in [6, 6.07) is 0. The Balaban J connectivity index is 3.69. The van der Waals surface area contributed by atoms with Gasteiger partial charge in [0.05, 0.1) is 0 Å². The van der Waals surface area contributed by atoms with Crippen LogP contribution in [-0.4, -0.2) is 0 Å². The minimum atomic E-state index is 0.815. The second-order valence-corrected chi connectivity index (χ2v) is 3.35. The van der Waals surface area contributed by atoms with Crippen LogP contribution in [0.25, 0.3) is 0 Å². The predicted octanol–water partition coefficient (Wildman–Crippen LogP) is 3.95. The van der Waals surface area contributed by atoms with E-state index in [1.807, 2.05) is 6.08 Å². The van der Waals surface area contributed by atoms with Gasteiger partial charge in [0.2, 0.25) is 0 Å². The summed E-state index contributed by atoms with van der Waals surface area (Å²) in [5.74, 6) is 0.815. The van der Waals surface area contributed by atoms with Crippen molar-refractivity contribution in [3.8, 4) is 0 Å². The minimum absolute atomic E-state index is 0.815. The molecule has 11 heavy (non-hydrogen) atoms. The van der Waals surface area contributed by atoms with Crippen molar-refractivity contribution in [2.24, 2.45) is 5.92 Å². The summed E-state index contributed by atoms with van der Waals surface area (Å²) in [5, 5.41) is 0. The second-order valence-electron chi connectivity index (χ2n) is 3.35. The summed E-state index contributed by atoms with van der Waals surface area (Å²) in [4.78, 5) is 0. The van der Waals surface area contributed by atoms with E-state index in [1.54, 1.807) is 0 Å². The topological polar surface area (TPSA) is 0 Å². The van der Waals surface area contributed by atoms with Gasteiger partial charge in [-0.05, 0) is 25.2 Å². The van der Waals surface area contributed by atoms with Crippen LogP contribution in [0.3, 0.4) is 0 Å². The molecule has 0 aromatic rings. The van der Waals surface area contributed by atoms with E-state index in [1.165, 1.54) is 24.8 Å². The lowest BCUT2D eigenvalue weighted by Crippen LogP contribution is -1.89. The summed E-state index contributed by atoms with van der Waals surface area (Å²) in [6.07, 6.45) is 7.73. The van der Waals surface area contributed by atoms with E-state index in [0.717, 1.165) is 5.92 Å². The molecule has 0 unspecified atom stereocenters. The van der Waals surface area contributed by atoms with Gasteiger partial charge >= 0.3 is 0 Å². The highest BCUT2D eigenvalue weighted by atomic mass is 14.0. The Morgan fingerprint density at radius 3 is 2.45 bits per heavy atom. The third kappa shape index (κ3) is 5.90. The maximum Gasteiger partial charge on any atom is -0.0315 e. The maximum absolute atomic E-state index is 3.70. The first-order valence-corrected chi connectivity index (χ1v) is 4.51. The van der Waals surface area contributed by atoms with Crippen LogP contribution in [0.2, 0.25) is 0 Å². The molecule has 0 aromatic heterocycles. The van der Waals surface area contributed by atoms with Crippen molar-refractivity contribution in [3.63, 3.8) is 0 Å². The summed E-state index contributed by atoms with van der Waals surface area (Å²) in [7, 11) is 0. The van der Waals surface area contributed by atoms with Crippen molar-refractivity contribution >= 4 is 0 Å². The summed E-state index contributed by atoms with van der Waals surface area (Å²) in [6.45, 7) is 10.4. The van der Waals surface area contributed by atoms with Crippen molar-refractivity contribution < 1.29 is 0 Å². The first-order chi connectivity index (χ1) is 5.20. The van der Waals surface area contributed by atoms with Crippen LogP contribution in [0.1, 0.15) is 40.0 Å². The molecule has 64 valence electrons. The smallest absolute Gasteiger partial charge is 0.0315 e. The van der Waals surface area contributed by atoms with Gasteiger partial charge < -0.3 is 0 Å². The first kappa shape index (κ1) is 10.5. The molecule has 0 bridgehead atoms. The van der Waals surface area contributed by atoms with Crippen LogP contribution in [0.4, 0.5) is 0 Å². The molecule has 0 aliphatic carbocycles. The summed E-state index contributed by atoms with van der Waals surface area (Å²) < 4.78 is 0. The molecule has 0 nitrogen and oxygen atoms in total. The summed E-state index contributed by atoms with van der Waals surface area (Å²) in [5.41, 5.74) is 1.52. The molecule has 0 atom stereocenters. The first-order valence-electron chi connectivity index (χ1n) is 4.51. The van der Waals surface area contributed by atoms with Crippen molar-refractivity contribution in [1.82, 2.24) is 0 Å². The highest BCUT2D eigenvalue weighted by molar-refractivity contribution is 5.09. The lowest BCUT2D eigenvalue weighted by molar-refractivity contribution is 0.579. The normalized spacial score (nSPS) is 12.2. The molecule has 0 aromatic carbocycles. The van der Waals surface area contributed by atoms with Gasteiger partial charge in [0.1, 0.15) is 0 Å². The van der Waals surface area contributed by atoms with Gasteiger partial charge in [-0.2, -0.15) is 0 Å². The maximum atomic E-state index is 3.70. The third-order valence-corrected chi connectivity index (χ3v) is 1.85. The quantitative estimate of drug-likeness (QED) is 0.523. The molecule has 0 amide bonds.